The first-order valence-corrected chi connectivity index (χ1v) is 12.3. The zero-order valence-corrected chi connectivity index (χ0v) is 20.2. The molecule has 0 aliphatic rings. The van der Waals surface area contributed by atoms with E-state index in [9.17, 15) is 9.18 Å². The molecule has 2 heterocycles. The molecule has 0 spiro atoms. The van der Waals surface area contributed by atoms with Crippen LogP contribution < -0.4 is 5.32 Å². The highest BCUT2D eigenvalue weighted by Crippen LogP contribution is 2.29. The van der Waals surface area contributed by atoms with Gasteiger partial charge >= 0.3 is 0 Å². The minimum Gasteiger partial charge on any atom is -0.322 e. The Morgan fingerprint density at radius 1 is 0.972 bits per heavy atom. The number of amides is 1. The Bertz CT molecular complexity index is 1490. The van der Waals surface area contributed by atoms with Gasteiger partial charge in [-0.2, -0.15) is 0 Å². The summed E-state index contributed by atoms with van der Waals surface area (Å²) < 4.78 is 15.4. The number of pyridine rings is 1. The SMILES string of the molecule is Cc1ccc(-n2c(SCc3ccc(C(=O)Nc4cccc(F)c4)cc3)nnc2-c2cccnc2)cc1. The topological polar surface area (TPSA) is 72.7 Å². The molecule has 0 atom stereocenters. The van der Waals surface area contributed by atoms with Crippen molar-refractivity contribution < 1.29 is 9.18 Å². The minimum absolute atomic E-state index is 0.292. The molecule has 0 bridgehead atoms. The van der Waals surface area contributed by atoms with E-state index in [1.807, 2.05) is 28.8 Å². The second-order valence-corrected chi connectivity index (χ2v) is 9.11. The number of nitrogens with one attached hydrogen (secondary N) is 1. The van der Waals surface area contributed by atoms with Crippen LogP contribution in [0.5, 0.6) is 0 Å². The van der Waals surface area contributed by atoms with Crippen LogP contribution in [0, 0.1) is 12.7 Å². The summed E-state index contributed by atoms with van der Waals surface area (Å²) >= 11 is 1.56. The van der Waals surface area contributed by atoms with Crippen molar-refractivity contribution in [2.75, 3.05) is 5.32 Å². The molecule has 2 aromatic heterocycles. The fourth-order valence-corrected chi connectivity index (χ4v) is 4.55. The van der Waals surface area contributed by atoms with Gasteiger partial charge in [-0.25, -0.2) is 4.39 Å². The summed E-state index contributed by atoms with van der Waals surface area (Å²) in [5.74, 6) is 0.673. The summed E-state index contributed by atoms with van der Waals surface area (Å²) in [6, 6.07) is 25.2. The molecule has 8 heteroatoms. The maximum absolute atomic E-state index is 13.4. The second kappa shape index (κ2) is 10.5. The highest BCUT2D eigenvalue weighted by molar-refractivity contribution is 7.98. The van der Waals surface area contributed by atoms with Gasteiger partial charge in [0.05, 0.1) is 0 Å². The molecule has 6 nitrogen and oxygen atoms in total. The Labute approximate surface area is 212 Å². The van der Waals surface area contributed by atoms with Crippen LogP contribution >= 0.6 is 11.8 Å². The van der Waals surface area contributed by atoms with Gasteiger partial charge in [-0.15, -0.1) is 10.2 Å². The van der Waals surface area contributed by atoms with Crippen LogP contribution in [0.25, 0.3) is 17.1 Å². The van der Waals surface area contributed by atoms with Gasteiger partial charge in [-0.3, -0.25) is 14.3 Å². The van der Waals surface area contributed by atoms with Gasteiger partial charge < -0.3 is 5.32 Å². The Morgan fingerprint density at radius 3 is 2.50 bits per heavy atom. The first-order chi connectivity index (χ1) is 17.6. The molecule has 5 aromatic rings. The van der Waals surface area contributed by atoms with Crippen molar-refractivity contribution in [2.45, 2.75) is 17.8 Å². The summed E-state index contributed by atoms with van der Waals surface area (Å²) in [5, 5.41) is 12.4. The van der Waals surface area contributed by atoms with Gasteiger partial charge in [0, 0.05) is 40.6 Å². The van der Waals surface area contributed by atoms with Gasteiger partial charge in [0.25, 0.3) is 5.91 Å². The smallest absolute Gasteiger partial charge is 0.255 e. The van der Waals surface area contributed by atoms with Gasteiger partial charge in [0.1, 0.15) is 5.82 Å². The molecule has 3 aromatic carbocycles. The number of carbonyl (C=O) groups is 1. The van der Waals surface area contributed by atoms with Crippen molar-refractivity contribution in [1.82, 2.24) is 19.7 Å². The number of anilines is 1. The normalized spacial score (nSPS) is 10.8. The highest BCUT2D eigenvalue weighted by Gasteiger charge is 2.16. The molecule has 0 unspecified atom stereocenters. The number of hydrogen-bond donors (Lipinski definition) is 1. The van der Waals surface area contributed by atoms with E-state index >= 15 is 0 Å². The zero-order chi connectivity index (χ0) is 24.9. The van der Waals surface area contributed by atoms with E-state index < -0.39 is 5.82 Å². The quantitative estimate of drug-likeness (QED) is 0.268. The van der Waals surface area contributed by atoms with Crippen LogP contribution in [0.3, 0.4) is 0 Å². The van der Waals surface area contributed by atoms with Crippen molar-refractivity contribution >= 4 is 23.4 Å². The number of rotatable bonds is 7. The number of thioether (sulfide) groups is 1. The number of carbonyl (C=O) groups excluding carboxylic acids is 1. The number of benzene rings is 3. The Kier molecular flexibility index (Phi) is 6.86. The van der Waals surface area contributed by atoms with E-state index in [2.05, 4.69) is 51.7 Å². The Morgan fingerprint density at radius 2 is 1.78 bits per heavy atom. The van der Waals surface area contributed by atoms with Gasteiger partial charge in [0.15, 0.2) is 11.0 Å². The molecule has 1 N–H and O–H groups in total. The number of aryl methyl sites for hydroxylation is 1. The van der Waals surface area contributed by atoms with E-state index in [1.165, 1.54) is 17.7 Å². The third kappa shape index (κ3) is 5.34. The van der Waals surface area contributed by atoms with Crippen molar-refractivity contribution in [2.24, 2.45) is 0 Å². The fraction of sp³-hybridized carbons (Fsp3) is 0.0714. The molecular weight excluding hydrogens is 473 g/mol. The summed E-state index contributed by atoms with van der Waals surface area (Å²) in [5.41, 5.74) is 4.96. The van der Waals surface area contributed by atoms with Gasteiger partial charge in [0.2, 0.25) is 0 Å². The summed E-state index contributed by atoms with van der Waals surface area (Å²) in [6.07, 6.45) is 3.50. The lowest BCUT2D eigenvalue weighted by molar-refractivity contribution is 0.102. The first kappa shape index (κ1) is 23.4. The Hall–Kier alpha value is -4.30. The van der Waals surface area contributed by atoms with Gasteiger partial charge in [-0.05, 0) is 67.1 Å². The molecule has 0 saturated heterocycles. The number of hydrogen-bond acceptors (Lipinski definition) is 5. The summed E-state index contributed by atoms with van der Waals surface area (Å²) in [6.45, 7) is 2.05. The van der Waals surface area contributed by atoms with E-state index in [1.54, 1.807) is 48.4 Å². The van der Waals surface area contributed by atoms with Crippen LogP contribution in [0.2, 0.25) is 0 Å². The highest BCUT2D eigenvalue weighted by atomic mass is 32.2. The molecule has 1 amide bonds. The largest absolute Gasteiger partial charge is 0.322 e. The molecule has 0 fully saturated rings. The lowest BCUT2D eigenvalue weighted by Crippen LogP contribution is -2.11. The summed E-state index contributed by atoms with van der Waals surface area (Å²) in [4.78, 5) is 16.7. The average Bonchev–Trinajstić information content (AvgIpc) is 3.33. The van der Waals surface area contributed by atoms with Crippen LogP contribution in [0.4, 0.5) is 10.1 Å². The van der Waals surface area contributed by atoms with Crippen molar-refractivity contribution in [3.63, 3.8) is 0 Å². The average molecular weight is 496 g/mol. The standard InChI is InChI=1S/C28H22FN5OS/c1-19-7-13-25(14-8-19)34-26(22-4-3-15-30-17-22)32-33-28(34)36-18-20-9-11-21(12-10-20)27(35)31-24-6-2-5-23(29)16-24/h2-17H,18H2,1H3,(H,31,35). The molecule has 5 rings (SSSR count). The monoisotopic (exact) mass is 495 g/mol. The van der Waals surface area contributed by atoms with E-state index in [0.717, 1.165) is 27.8 Å². The lowest BCUT2D eigenvalue weighted by Gasteiger charge is -2.11. The van der Waals surface area contributed by atoms with E-state index in [-0.39, 0.29) is 5.91 Å². The predicted molar refractivity (Wildman–Crippen MR) is 140 cm³/mol. The van der Waals surface area contributed by atoms with Crippen molar-refractivity contribution in [3.8, 4) is 17.1 Å². The minimum atomic E-state index is -0.398. The van der Waals surface area contributed by atoms with Crippen molar-refractivity contribution in [3.05, 3.63) is 120 Å². The fourth-order valence-electron chi connectivity index (χ4n) is 3.64. The number of halogens is 1. The maximum atomic E-state index is 13.4. The van der Waals surface area contributed by atoms with Crippen LogP contribution in [-0.4, -0.2) is 25.7 Å². The van der Waals surface area contributed by atoms with Gasteiger partial charge in [-0.1, -0.05) is 47.7 Å². The van der Waals surface area contributed by atoms with Crippen LogP contribution in [0.1, 0.15) is 21.5 Å². The Balaban J connectivity index is 1.33. The summed E-state index contributed by atoms with van der Waals surface area (Å²) in [7, 11) is 0. The molecular formula is C28H22FN5OS. The van der Waals surface area contributed by atoms with Crippen molar-refractivity contribution in [1.29, 1.82) is 0 Å². The van der Waals surface area contributed by atoms with Crippen LogP contribution in [0.15, 0.2) is 102 Å². The molecule has 0 saturated carbocycles. The zero-order valence-electron chi connectivity index (χ0n) is 19.4. The third-order valence-corrected chi connectivity index (χ3v) is 6.51. The third-order valence-electron chi connectivity index (χ3n) is 5.51. The first-order valence-electron chi connectivity index (χ1n) is 11.3. The van der Waals surface area contributed by atoms with E-state index in [0.29, 0.717) is 17.0 Å². The molecule has 178 valence electrons. The number of nitrogens with zero attached hydrogens (tertiary/aromatic N) is 4. The predicted octanol–water partition coefficient (Wildman–Crippen LogP) is 6.32. The second-order valence-electron chi connectivity index (χ2n) is 8.17. The number of aromatic nitrogens is 4. The maximum Gasteiger partial charge on any atom is 0.255 e. The molecule has 0 radical (unpaired) electrons. The van der Waals surface area contributed by atoms with Crippen LogP contribution in [-0.2, 0) is 5.75 Å². The molecule has 36 heavy (non-hydrogen) atoms. The van der Waals surface area contributed by atoms with E-state index in [4.69, 9.17) is 0 Å². The molecule has 0 aliphatic heterocycles. The lowest BCUT2D eigenvalue weighted by atomic mass is 10.1. The molecule has 0 aliphatic carbocycles.